The van der Waals surface area contributed by atoms with Gasteiger partial charge in [-0.3, -0.25) is 0 Å². The second kappa shape index (κ2) is 9.08. The van der Waals surface area contributed by atoms with E-state index in [1.807, 2.05) is 30.3 Å². The maximum Gasteiger partial charge on any atom is 1.00 e. The van der Waals surface area contributed by atoms with Gasteiger partial charge >= 0.3 is 58.2 Å². The molecule has 0 radical (unpaired) electrons. The first-order valence-electron chi connectivity index (χ1n) is 2.96. The van der Waals surface area contributed by atoms with Gasteiger partial charge in [0.25, 0.3) is 0 Å². The number of rotatable bonds is 2. The van der Waals surface area contributed by atoms with Crippen LogP contribution in [0.3, 0.4) is 0 Å². The van der Waals surface area contributed by atoms with E-state index < -0.39 is 0 Å². The van der Waals surface area contributed by atoms with Gasteiger partial charge in [-0.25, -0.2) is 0 Å². The first-order chi connectivity index (χ1) is 4.43. The maximum absolute atomic E-state index is 4.93. The van der Waals surface area contributed by atoms with E-state index in [9.17, 15) is 0 Å². The summed E-state index contributed by atoms with van der Waals surface area (Å²) < 4.78 is 4.93. The Morgan fingerprint density at radius 2 is 1.73 bits per heavy atom. The van der Waals surface area contributed by atoms with Crippen molar-refractivity contribution in [1.82, 2.24) is 0 Å². The van der Waals surface area contributed by atoms with Crippen LogP contribution in [-0.4, -0.2) is 7.11 Å². The quantitative estimate of drug-likeness (QED) is 0.601. The van der Waals surface area contributed by atoms with Crippen LogP contribution in [0.5, 0.6) is 0 Å². The van der Waals surface area contributed by atoms with E-state index in [4.69, 9.17) is 4.74 Å². The molecule has 1 nitrogen and oxygen atoms in total. The molecule has 0 aromatic heterocycles. The number of hydrogen-bond acceptors (Lipinski definition) is 1. The van der Waals surface area contributed by atoms with Crippen molar-refractivity contribution in [1.29, 1.82) is 0 Å². The topological polar surface area (TPSA) is 9.23 Å². The van der Waals surface area contributed by atoms with Crippen molar-refractivity contribution in [2.24, 2.45) is 0 Å². The van der Waals surface area contributed by atoms with Gasteiger partial charge in [0.2, 0.25) is 0 Å². The molecule has 0 unspecified atom stereocenters. The molecule has 0 aliphatic heterocycles. The predicted octanol–water partition coefficient (Wildman–Crippen LogP) is -0.713. The van der Waals surface area contributed by atoms with Crippen molar-refractivity contribution in [2.75, 3.05) is 7.11 Å². The van der Waals surface area contributed by atoms with E-state index in [2.05, 4.69) is 0 Å². The second-order valence-electron chi connectivity index (χ2n) is 1.92. The first kappa shape index (κ1) is 14.5. The van der Waals surface area contributed by atoms with E-state index in [-0.39, 0.29) is 65.6 Å². The van der Waals surface area contributed by atoms with Crippen LogP contribution >= 0.6 is 0 Å². The minimum absolute atomic E-state index is 0. The van der Waals surface area contributed by atoms with Crippen LogP contribution in [-0.2, 0) is 11.3 Å². The zero-order chi connectivity index (χ0) is 6.53. The van der Waals surface area contributed by atoms with Gasteiger partial charge < -0.3 is 12.2 Å². The molecule has 1 rings (SSSR count). The van der Waals surface area contributed by atoms with Crippen molar-refractivity contribution >= 4 is 0 Å². The molecule has 0 heterocycles. The van der Waals surface area contributed by atoms with Gasteiger partial charge in [-0.2, -0.15) is 0 Å². The fraction of sp³-hybridized carbons (Fsp3) is 0.222. The maximum atomic E-state index is 4.93. The number of benzene rings is 1. The zero-order valence-corrected chi connectivity index (χ0v) is 12.4. The minimum atomic E-state index is 0. The Hall–Kier alpha value is 0.985. The molecule has 0 aliphatic rings. The van der Waals surface area contributed by atoms with E-state index in [1.54, 1.807) is 7.11 Å². The van der Waals surface area contributed by atoms with Crippen molar-refractivity contribution < 1.29 is 62.9 Å². The van der Waals surface area contributed by atoms with E-state index in [0.29, 0.717) is 6.61 Å². The van der Waals surface area contributed by atoms with Gasteiger partial charge in [-0.05, 0) is 5.56 Å². The number of ether oxygens (including phenoxy) is 1. The molecular weight excluding hydrogens is 210 g/mol. The Balaban J connectivity index is 0. The average Bonchev–Trinajstić information content (AvgIpc) is 1.91. The molecule has 1 aromatic rings. The van der Waals surface area contributed by atoms with Crippen LogP contribution in [0.2, 0.25) is 0 Å². The van der Waals surface area contributed by atoms with Gasteiger partial charge in [-0.1, -0.05) is 30.3 Å². The molecular formula is C9H13ORb. The van der Waals surface area contributed by atoms with Gasteiger partial charge in [0.05, 0.1) is 6.61 Å². The van der Waals surface area contributed by atoms with Gasteiger partial charge in [0.15, 0.2) is 0 Å². The van der Waals surface area contributed by atoms with E-state index >= 15 is 0 Å². The fourth-order valence-electron chi connectivity index (χ4n) is 0.741. The van der Waals surface area contributed by atoms with Crippen molar-refractivity contribution in [3.63, 3.8) is 0 Å². The average molecular weight is 223 g/mol. The summed E-state index contributed by atoms with van der Waals surface area (Å²) in [6.45, 7) is 0.709. The zero-order valence-electron chi connectivity index (χ0n) is 7.50. The molecule has 1 aromatic carbocycles. The summed E-state index contributed by atoms with van der Waals surface area (Å²) in [6.07, 6.45) is 0. The monoisotopic (exact) mass is 222 g/mol. The molecule has 0 N–H and O–H groups in total. The summed E-state index contributed by atoms with van der Waals surface area (Å²) in [6, 6.07) is 10.1. The second-order valence-corrected chi connectivity index (χ2v) is 1.92. The van der Waals surface area contributed by atoms with Crippen LogP contribution in [0.4, 0.5) is 0 Å². The number of methoxy groups -OCH3 is 1. The Labute approximate surface area is 118 Å². The summed E-state index contributed by atoms with van der Waals surface area (Å²) in [5.74, 6) is 0. The molecule has 0 fully saturated rings. The van der Waals surface area contributed by atoms with Gasteiger partial charge in [0.1, 0.15) is 0 Å². The molecule has 0 aliphatic carbocycles. The summed E-state index contributed by atoms with van der Waals surface area (Å²) in [5.41, 5.74) is 1.22. The van der Waals surface area contributed by atoms with Crippen LogP contribution in [0.1, 0.15) is 5.56 Å². The van der Waals surface area contributed by atoms with Crippen LogP contribution < -0.4 is 58.2 Å². The van der Waals surface area contributed by atoms with Crippen LogP contribution in [0.25, 0.3) is 0 Å². The molecule has 2 heteroatoms. The van der Waals surface area contributed by atoms with E-state index in [0.717, 1.165) is 0 Å². The predicted molar refractivity (Wildman–Crippen MR) is 43.6 cm³/mol. The summed E-state index contributed by atoms with van der Waals surface area (Å²) in [5, 5.41) is 0. The standard InChI is InChI=1S/C8H10O.CH3.Rb/c1-9-7-8-5-3-2-4-6-8;;/h2-6H,7H2,1H3;1H3;/q;-1;+1. The van der Waals surface area contributed by atoms with Crippen molar-refractivity contribution in [3.8, 4) is 0 Å². The molecule has 0 spiro atoms. The van der Waals surface area contributed by atoms with Crippen molar-refractivity contribution in [3.05, 3.63) is 43.3 Å². The Morgan fingerprint density at radius 3 is 2.18 bits per heavy atom. The molecule has 56 valence electrons. The molecule has 0 saturated heterocycles. The summed E-state index contributed by atoms with van der Waals surface area (Å²) in [7, 11) is 1.70. The third-order valence-corrected chi connectivity index (χ3v) is 1.15. The van der Waals surface area contributed by atoms with Gasteiger partial charge in [0, 0.05) is 7.11 Å². The SMILES string of the molecule is COCc1ccccc1.[CH3-].[Rb+]. The Kier molecular flexibility index (Phi) is 12.0. The van der Waals surface area contributed by atoms with Crippen molar-refractivity contribution in [2.45, 2.75) is 6.61 Å². The molecule has 0 atom stereocenters. The Morgan fingerprint density at radius 1 is 1.18 bits per heavy atom. The number of hydrogen-bond donors (Lipinski definition) is 0. The molecule has 0 bridgehead atoms. The third-order valence-electron chi connectivity index (χ3n) is 1.15. The molecule has 0 saturated carbocycles. The summed E-state index contributed by atoms with van der Waals surface area (Å²) >= 11 is 0. The fourth-order valence-corrected chi connectivity index (χ4v) is 0.741. The van der Waals surface area contributed by atoms with Gasteiger partial charge in [-0.15, -0.1) is 0 Å². The first-order valence-corrected chi connectivity index (χ1v) is 2.96. The smallest absolute Gasteiger partial charge is 0.380 e. The largest absolute Gasteiger partial charge is 1.00 e. The molecule has 0 amide bonds. The normalized spacial score (nSPS) is 7.73. The summed E-state index contributed by atoms with van der Waals surface area (Å²) in [4.78, 5) is 0. The third kappa shape index (κ3) is 6.17. The van der Waals surface area contributed by atoms with Crippen LogP contribution in [0.15, 0.2) is 30.3 Å². The van der Waals surface area contributed by atoms with Crippen LogP contribution in [0, 0.1) is 7.43 Å². The van der Waals surface area contributed by atoms with E-state index in [1.165, 1.54) is 5.56 Å². The molecule has 11 heavy (non-hydrogen) atoms. The Bertz CT molecular complexity index is 162. The minimum Gasteiger partial charge on any atom is -0.380 e.